The normalized spacial score (nSPS) is 10.2. The summed E-state index contributed by atoms with van der Waals surface area (Å²) in [6.45, 7) is 2.59. The molecule has 0 saturated carbocycles. The second kappa shape index (κ2) is 7.47. The van der Waals surface area contributed by atoms with Gasteiger partial charge in [0, 0.05) is 13.6 Å². The molecule has 6 heteroatoms. The molecule has 20 heavy (non-hydrogen) atoms. The van der Waals surface area contributed by atoms with Gasteiger partial charge in [-0.15, -0.1) is 0 Å². The maximum Gasteiger partial charge on any atom is 0.337 e. The van der Waals surface area contributed by atoms with E-state index < -0.39 is 17.8 Å². The van der Waals surface area contributed by atoms with Gasteiger partial charge in [0.1, 0.15) is 5.82 Å². The maximum atomic E-state index is 13.6. The highest BCUT2D eigenvalue weighted by Gasteiger charge is 2.18. The largest absolute Gasteiger partial charge is 0.478 e. The number of hydrogen-bond donors (Lipinski definition) is 2. The highest BCUT2D eigenvalue weighted by Crippen LogP contribution is 2.20. The molecule has 0 unspecified atom stereocenters. The SMILES string of the molecule is CCCCCN(C)C(=O)Nc1c(F)cccc1C(=O)O. The van der Waals surface area contributed by atoms with Crippen LogP contribution in [0.2, 0.25) is 0 Å². The summed E-state index contributed by atoms with van der Waals surface area (Å²) < 4.78 is 13.6. The van der Waals surface area contributed by atoms with Crippen molar-refractivity contribution >= 4 is 17.7 Å². The molecule has 0 aromatic heterocycles. The van der Waals surface area contributed by atoms with Crippen molar-refractivity contribution in [3.8, 4) is 0 Å². The van der Waals surface area contributed by atoms with E-state index in [1.807, 2.05) is 0 Å². The van der Waals surface area contributed by atoms with Gasteiger partial charge < -0.3 is 15.3 Å². The molecule has 0 fully saturated rings. The Bertz CT molecular complexity index is 491. The van der Waals surface area contributed by atoms with Gasteiger partial charge in [-0.3, -0.25) is 0 Å². The summed E-state index contributed by atoms with van der Waals surface area (Å²) in [7, 11) is 1.59. The number of hydrogen-bond acceptors (Lipinski definition) is 2. The second-order valence-electron chi connectivity index (χ2n) is 4.53. The van der Waals surface area contributed by atoms with Crippen molar-refractivity contribution in [1.82, 2.24) is 4.90 Å². The van der Waals surface area contributed by atoms with Gasteiger partial charge in [-0.05, 0) is 18.6 Å². The molecule has 1 aromatic carbocycles. The van der Waals surface area contributed by atoms with Crippen molar-refractivity contribution in [2.45, 2.75) is 26.2 Å². The standard InChI is InChI=1S/C14H19FN2O3/c1-3-4-5-9-17(2)14(20)16-12-10(13(18)19)7-6-8-11(12)15/h6-8H,3-5,9H2,1-2H3,(H,16,20)(H,18,19). The molecule has 0 bridgehead atoms. The van der Waals surface area contributed by atoms with Crippen molar-refractivity contribution in [2.24, 2.45) is 0 Å². The van der Waals surface area contributed by atoms with Crippen LogP contribution in [0.25, 0.3) is 0 Å². The Hall–Kier alpha value is -2.11. The number of carboxylic acids is 1. The Morgan fingerprint density at radius 1 is 1.35 bits per heavy atom. The summed E-state index contributed by atoms with van der Waals surface area (Å²) in [6, 6.07) is 3.13. The Morgan fingerprint density at radius 2 is 2.05 bits per heavy atom. The van der Waals surface area contributed by atoms with Gasteiger partial charge in [0.2, 0.25) is 0 Å². The van der Waals surface area contributed by atoms with Crippen LogP contribution in [-0.2, 0) is 0 Å². The van der Waals surface area contributed by atoms with Crippen molar-refractivity contribution < 1.29 is 19.1 Å². The van der Waals surface area contributed by atoms with Gasteiger partial charge in [0.15, 0.2) is 0 Å². The monoisotopic (exact) mass is 282 g/mol. The van der Waals surface area contributed by atoms with Gasteiger partial charge >= 0.3 is 12.0 Å². The highest BCUT2D eigenvalue weighted by molar-refractivity contribution is 6.00. The first-order valence-corrected chi connectivity index (χ1v) is 6.51. The number of halogens is 1. The summed E-state index contributed by atoms with van der Waals surface area (Å²) >= 11 is 0. The molecule has 0 saturated heterocycles. The third kappa shape index (κ3) is 4.22. The number of nitrogens with zero attached hydrogens (tertiary/aromatic N) is 1. The highest BCUT2D eigenvalue weighted by atomic mass is 19.1. The Kier molecular flexibility index (Phi) is 5.96. The predicted octanol–water partition coefficient (Wildman–Crippen LogP) is 3.18. The molecular formula is C14H19FN2O3. The minimum absolute atomic E-state index is 0.264. The third-order valence-corrected chi connectivity index (χ3v) is 2.92. The molecule has 0 spiro atoms. The van der Waals surface area contributed by atoms with E-state index >= 15 is 0 Å². The van der Waals surface area contributed by atoms with Crippen LogP contribution in [0.5, 0.6) is 0 Å². The number of rotatable bonds is 6. The Morgan fingerprint density at radius 3 is 2.65 bits per heavy atom. The van der Waals surface area contributed by atoms with E-state index in [1.165, 1.54) is 17.0 Å². The van der Waals surface area contributed by atoms with Crippen LogP contribution >= 0.6 is 0 Å². The van der Waals surface area contributed by atoms with E-state index in [0.29, 0.717) is 6.54 Å². The van der Waals surface area contributed by atoms with E-state index in [9.17, 15) is 14.0 Å². The molecule has 2 N–H and O–H groups in total. The average molecular weight is 282 g/mol. The Labute approximate surface area is 117 Å². The van der Waals surface area contributed by atoms with Crippen molar-refractivity contribution in [2.75, 3.05) is 18.9 Å². The lowest BCUT2D eigenvalue weighted by Gasteiger charge is -2.18. The van der Waals surface area contributed by atoms with Crippen molar-refractivity contribution in [1.29, 1.82) is 0 Å². The number of nitrogens with one attached hydrogen (secondary N) is 1. The molecule has 110 valence electrons. The number of benzene rings is 1. The Balaban J connectivity index is 2.77. The summed E-state index contributed by atoms with van der Waals surface area (Å²) in [5.41, 5.74) is -0.562. The number of aromatic carboxylic acids is 1. The summed E-state index contributed by atoms with van der Waals surface area (Å²) in [5.74, 6) is -2.05. The van der Waals surface area contributed by atoms with E-state index in [-0.39, 0.29) is 11.3 Å². The van der Waals surface area contributed by atoms with E-state index in [4.69, 9.17) is 5.11 Å². The van der Waals surface area contributed by atoms with Gasteiger partial charge in [-0.1, -0.05) is 25.8 Å². The van der Waals surface area contributed by atoms with Crippen LogP contribution < -0.4 is 5.32 Å². The predicted molar refractivity (Wildman–Crippen MR) is 74.5 cm³/mol. The lowest BCUT2D eigenvalue weighted by molar-refractivity contribution is 0.0697. The molecule has 0 aliphatic rings. The number of amides is 2. The fraction of sp³-hybridized carbons (Fsp3) is 0.429. The number of urea groups is 1. The first-order chi connectivity index (χ1) is 9.47. The molecule has 0 radical (unpaired) electrons. The van der Waals surface area contributed by atoms with Crippen LogP contribution in [0.3, 0.4) is 0 Å². The van der Waals surface area contributed by atoms with Crippen LogP contribution in [0, 0.1) is 5.82 Å². The van der Waals surface area contributed by atoms with Crippen molar-refractivity contribution in [3.63, 3.8) is 0 Å². The fourth-order valence-electron chi connectivity index (χ4n) is 1.73. The van der Waals surface area contributed by atoms with Crippen LogP contribution in [0.4, 0.5) is 14.9 Å². The van der Waals surface area contributed by atoms with Crippen LogP contribution in [0.1, 0.15) is 36.5 Å². The van der Waals surface area contributed by atoms with Crippen LogP contribution in [-0.4, -0.2) is 35.6 Å². The van der Waals surface area contributed by atoms with E-state index in [2.05, 4.69) is 12.2 Å². The molecule has 0 aliphatic carbocycles. The number of unbranched alkanes of at least 4 members (excludes halogenated alkanes) is 2. The quantitative estimate of drug-likeness (QED) is 0.787. The first-order valence-electron chi connectivity index (χ1n) is 6.51. The van der Waals surface area contributed by atoms with Crippen molar-refractivity contribution in [3.05, 3.63) is 29.6 Å². The first kappa shape index (κ1) is 15.9. The van der Waals surface area contributed by atoms with Gasteiger partial charge in [0.25, 0.3) is 0 Å². The molecule has 1 aromatic rings. The number of carboxylic acid groups (broad SMARTS) is 1. The molecule has 2 amide bonds. The number of carbonyl (C=O) groups excluding carboxylic acids is 1. The number of anilines is 1. The maximum absolute atomic E-state index is 13.6. The molecule has 0 aliphatic heterocycles. The van der Waals surface area contributed by atoms with Gasteiger partial charge in [0.05, 0.1) is 11.3 Å². The fourth-order valence-corrected chi connectivity index (χ4v) is 1.73. The zero-order valence-electron chi connectivity index (χ0n) is 11.6. The third-order valence-electron chi connectivity index (χ3n) is 2.92. The van der Waals surface area contributed by atoms with E-state index in [0.717, 1.165) is 25.3 Å². The summed E-state index contributed by atoms with van der Waals surface area (Å²) in [6.07, 6.45) is 2.88. The summed E-state index contributed by atoms with van der Waals surface area (Å²) in [4.78, 5) is 24.3. The minimum atomic E-state index is -1.28. The zero-order valence-corrected chi connectivity index (χ0v) is 11.6. The number of carbonyl (C=O) groups is 2. The molecule has 0 heterocycles. The topological polar surface area (TPSA) is 69.6 Å². The molecule has 5 nitrogen and oxygen atoms in total. The lowest BCUT2D eigenvalue weighted by atomic mass is 10.1. The van der Waals surface area contributed by atoms with Gasteiger partial charge in [-0.25, -0.2) is 14.0 Å². The van der Waals surface area contributed by atoms with Crippen LogP contribution in [0.15, 0.2) is 18.2 Å². The molecule has 0 atom stereocenters. The average Bonchev–Trinajstić information content (AvgIpc) is 2.40. The lowest BCUT2D eigenvalue weighted by Crippen LogP contribution is -2.33. The van der Waals surface area contributed by atoms with Gasteiger partial charge in [-0.2, -0.15) is 0 Å². The minimum Gasteiger partial charge on any atom is -0.478 e. The smallest absolute Gasteiger partial charge is 0.337 e. The second-order valence-corrected chi connectivity index (χ2v) is 4.53. The molecule has 1 rings (SSSR count). The van der Waals surface area contributed by atoms with E-state index in [1.54, 1.807) is 7.05 Å². The summed E-state index contributed by atoms with van der Waals surface area (Å²) in [5, 5.41) is 11.3. The molecular weight excluding hydrogens is 263 g/mol. The number of para-hydroxylation sites is 1. The zero-order chi connectivity index (χ0) is 15.1.